The molecule has 0 radical (unpaired) electrons. The highest BCUT2D eigenvalue weighted by atomic mass is 16.5. The number of aryl methyl sites for hydroxylation is 1. The second-order valence-electron chi connectivity index (χ2n) is 7.58. The number of carbonyl (C=O) groups is 2. The molecule has 33 heavy (non-hydrogen) atoms. The number of anilines is 1. The maximum Gasteiger partial charge on any atom is 0.301 e. The van der Waals surface area contributed by atoms with Crippen LogP contribution in [0, 0.1) is 6.92 Å². The number of aromatic nitrogens is 1. The third kappa shape index (κ3) is 4.07. The summed E-state index contributed by atoms with van der Waals surface area (Å²) < 4.78 is 16.2. The van der Waals surface area contributed by atoms with E-state index in [1.807, 2.05) is 6.92 Å². The van der Waals surface area contributed by atoms with Crippen molar-refractivity contribution in [3.63, 3.8) is 0 Å². The third-order valence-electron chi connectivity index (χ3n) is 5.34. The van der Waals surface area contributed by atoms with E-state index in [2.05, 4.69) is 5.16 Å². The highest BCUT2D eigenvalue weighted by Gasteiger charge is 2.49. The molecule has 2 aromatic carbocycles. The quantitative estimate of drug-likeness (QED) is 0.325. The van der Waals surface area contributed by atoms with Crippen molar-refractivity contribution in [2.24, 2.45) is 0 Å². The van der Waals surface area contributed by atoms with Crippen molar-refractivity contribution >= 4 is 23.3 Å². The van der Waals surface area contributed by atoms with Gasteiger partial charge in [0.1, 0.15) is 29.1 Å². The number of benzene rings is 2. The van der Waals surface area contributed by atoms with Crippen molar-refractivity contribution in [3.05, 3.63) is 77.1 Å². The van der Waals surface area contributed by atoms with E-state index in [0.717, 1.165) is 6.42 Å². The Bertz CT molecular complexity index is 1210. The maximum absolute atomic E-state index is 13.2. The molecular formula is C25H24N2O6. The zero-order valence-electron chi connectivity index (χ0n) is 18.6. The Morgan fingerprint density at radius 3 is 2.52 bits per heavy atom. The van der Waals surface area contributed by atoms with E-state index in [1.54, 1.807) is 61.5 Å². The first-order chi connectivity index (χ1) is 16.0. The monoisotopic (exact) mass is 448 g/mol. The number of amides is 1. The Hall–Kier alpha value is -4.07. The zero-order valence-corrected chi connectivity index (χ0v) is 18.6. The van der Waals surface area contributed by atoms with Crippen molar-refractivity contribution in [1.82, 2.24) is 5.16 Å². The number of hydrogen-bond donors (Lipinski definition) is 1. The molecule has 1 fully saturated rings. The van der Waals surface area contributed by atoms with Gasteiger partial charge < -0.3 is 19.1 Å². The first-order valence-corrected chi connectivity index (χ1v) is 10.6. The lowest BCUT2D eigenvalue weighted by Gasteiger charge is -2.24. The number of aliphatic hydroxyl groups is 1. The molecule has 1 saturated heterocycles. The van der Waals surface area contributed by atoms with Crippen molar-refractivity contribution in [1.29, 1.82) is 0 Å². The average molecular weight is 448 g/mol. The molecule has 4 rings (SSSR count). The SMILES string of the molecule is CCCOc1ccc(C(O)=C2C(=O)C(=O)N(c3cc(C)on3)[C@H]2c2ccccc2OC)cc1. The number of hydrogen-bond acceptors (Lipinski definition) is 7. The molecule has 8 heteroatoms. The van der Waals surface area contributed by atoms with Crippen LogP contribution in [0.3, 0.4) is 0 Å². The lowest BCUT2D eigenvalue weighted by molar-refractivity contribution is -0.132. The summed E-state index contributed by atoms with van der Waals surface area (Å²) in [5, 5.41) is 15.1. The number of nitrogens with zero attached hydrogens (tertiary/aromatic N) is 2. The molecule has 170 valence electrons. The topological polar surface area (TPSA) is 102 Å². The molecule has 1 aliphatic rings. The molecule has 0 bridgehead atoms. The Kier molecular flexibility index (Phi) is 6.17. The minimum atomic E-state index is -0.957. The fourth-order valence-electron chi connectivity index (χ4n) is 3.81. The Balaban J connectivity index is 1.87. The van der Waals surface area contributed by atoms with Crippen LogP contribution >= 0.6 is 0 Å². The summed E-state index contributed by atoms with van der Waals surface area (Å²) >= 11 is 0. The molecule has 0 saturated carbocycles. The number of Topliss-reactive ketones (excluding diaryl/α,β-unsaturated/α-hetero) is 1. The summed E-state index contributed by atoms with van der Waals surface area (Å²) in [4.78, 5) is 27.5. The number of carbonyl (C=O) groups excluding carboxylic acids is 2. The molecule has 8 nitrogen and oxygen atoms in total. The fraction of sp³-hybridized carbons (Fsp3) is 0.240. The maximum atomic E-state index is 13.2. The van der Waals surface area contributed by atoms with Crippen LogP contribution in [0.25, 0.3) is 5.76 Å². The van der Waals surface area contributed by atoms with E-state index in [-0.39, 0.29) is 17.2 Å². The second-order valence-corrected chi connectivity index (χ2v) is 7.58. The largest absolute Gasteiger partial charge is 0.507 e. The molecule has 0 unspecified atom stereocenters. The van der Waals surface area contributed by atoms with Gasteiger partial charge in [-0.15, -0.1) is 0 Å². The highest BCUT2D eigenvalue weighted by Crippen LogP contribution is 2.44. The predicted octanol–water partition coefficient (Wildman–Crippen LogP) is 4.41. The third-order valence-corrected chi connectivity index (χ3v) is 5.34. The first kappa shape index (κ1) is 22.1. The molecule has 1 amide bonds. The summed E-state index contributed by atoms with van der Waals surface area (Å²) in [5.41, 5.74) is 0.852. The van der Waals surface area contributed by atoms with Crippen LogP contribution in [0.1, 0.15) is 36.3 Å². The van der Waals surface area contributed by atoms with Crippen molar-refractivity contribution in [2.45, 2.75) is 26.3 Å². The zero-order chi connectivity index (χ0) is 23.5. The van der Waals surface area contributed by atoms with Crippen molar-refractivity contribution in [3.8, 4) is 11.5 Å². The fourth-order valence-corrected chi connectivity index (χ4v) is 3.81. The van der Waals surface area contributed by atoms with Gasteiger partial charge in [-0.05, 0) is 43.7 Å². The van der Waals surface area contributed by atoms with Crippen LogP contribution in [-0.2, 0) is 9.59 Å². The van der Waals surface area contributed by atoms with Crippen LogP contribution < -0.4 is 14.4 Å². The summed E-state index contributed by atoms with van der Waals surface area (Å²) in [6.45, 7) is 4.27. The van der Waals surface area contributed by atoms with E-state index >= 15 is 0 Å². The summed E-state index contributed by atoms with van der Waals surface area (Å²) in [5.74, 6) is -0.175. The standard InChI is InChI=1S/C25H24N2O6/c1-4-13-32-17-11-9-16(10-12-17)23(28)21-22(18-7-5-6-8-19(18)31-3)27(25(30)24(21)29)20-14-15(2)33-26-20/h5-12,14,22,28H,4,13H2,1-3H3/t22-/m0/s1. The molecule has 3 aromatic rings. The average Bonchev–Trinajstić information content (AvgIpc) is 3.37. The van der Waals surface area contributed by atoms with E-state index < -0.39 is 17.7 Å². The van der Waals surface area contributed by atoms with E-state index in [1.165, 1.54) is 12.0 Å². The molecule has 1 aromatic heterocycles. The van der Waals surface area contributed by atoms with Crippen LogP contribution in [0.15, 0.2) is 64.7 Å². The number of methoxy groups -OCH3 is 1. The van der Waals surface area contributed by atoms with Crippen molar-refractivity contribution < 1.29 is 28.7 Å². The van der Waals surface area contributed by atoms with Crippen LogP contribution in [-0.4, -0.2) is 35.7 Å². The van der Waals surface area contributed by atoms with Gasteiger partial charge in [-0.2, -0.15) is 0 Å². The molecule has 1 atom stereocenters. The molecule has 1 N–H and O–H groups in total. The normalized spacial score (nSPS) is 17.4. The van der Waals surface area contributed by atoms with Gasteiger partial charge in [-0.3, -0.25) is 14.5 Å². The molecule has 1 aliphatic heterocycles. The Morgan fingerprint density at radius 2 is 1.88 bits per heavy atom. The second kappa shape index (κ2) is 9.20. The van der Waals surface area contributed by atoms with Gasteiger partial charge in [0.05, 0.1) is 19.3 Å². The van der Waals surface area contributed by atoms with E-state index in [4.69, 9.17) is 14.0 Å². The van der Waals surface area contributed by atoms with Gasteiger partial charge in [0, 0.05) is 17.2 Å². The van der Waals surface area contributed by atoms with Gasteiger partial charge in [0.15, 0.2) is 5.82 Å². The number of ketones is 1. The van der Waals surface area contributed by atoms with Gasteiger partial charge >= 0.3 is 5.91 Å². The minimum absolute atomic E-state index is 0.0626. The number of ether oxygens (including phenoxy) is 2. The number of rotatable bonds is 7. The minimum Gasteiger partial charge on any atom is -0.507 e. The number of aliphatic hydroxyl groups excluding tert-OH is 1. The lowest BCUT2D eigenvalue weighted by Crippen LogP contribution is -2.29. The lowest BCUT2D eigenvalue weighted by atomic mass is 9.94. The van der Waals surface area contributed by atoms with Crippen molar-refractivity contribution in [2.75, 3.05) is 18.6 Å². The van der Waals surface area contributed by atoms with Crippen LogP contribution in [0.2, 0.25) is 0 Å². The Morgan fingerprint density at radius 1 is 1.15 bits per heavy atom. The predicted molar refractivity (Wildman–Crippen MR) is 121 cm³/mol. The van der Waals surface area contributed by atoms with Gasteiger partial charge in [-0.1, -0.05) is 30.3 Å². The van der Waals surface area contributed by atoms with Crippen LogP contribution in [0.5, 0.6) is 11.5 Å². The summed E-state index contributed by atoms with van der Waals surface area (Å²) in [7, 11) is 1.50. The Labute approximate surface area is 191 Å². The molecule has 0 aliphatic carbocycles. The first-order valence-electron chi connectivity index (χ1n) is 10.6. The molecular weight excluding hydrogens is 424 g/mol. The van der Waals surface area contributed by atoms with Gasteiger partial charge in [0.2, 0.25) is 0 Å². The highest BCUT2D eigenvalue weighted by molar-refractivity contribution is 6.51. The van der Waals surface area contributed by atoms with Gasteiger partial charge in [-0.25, -0.2) is 0 Å². The van der Waals surface area contributed by atoms with Gasteiger partial charge in [0.25, 0.3) is 5.78 Å². The smallest absolute Gasteiger partial charge is 0.301 e. The molecule has 2 heterocycles. The number of para-hydroxylation sites is 1. The molecule has 0 spiro atoms. The summed E-state index contributed by atoms with van der Waals surface area (Å²) in [6.07, 6.45) is 0.867. The van der Waals surface area contributed by atoms with Crippen LogP contribution in [0.4, 0.5) is 5.82 Å². The van der Waals surface area contributed by atoms with E-state index in [9.17, 15) is 14.7 Å². The summed E-state index contributed by atoms with van der Waals surface area (Å²) in [6, 6.07) is 14.3. The van der Waals surface area contributed by atoms with E-state index in [0.29, 0.717) is 35.0 Å².